The maximum Gasteiger partial charge on any atom is 0.317 e. The number of hydrogen-bond donors (Lipinski definition) is 2. The molecular formula is C11H21N3O3. The van der Waals surface area contributed by atoms with Crippen LogP contribution in [0, 0.1) is 5.92 Å². The summed E-state index contributed by atoms with van der Waals surface area (Å²) in [5, 5.41) is 11.6. The van der Waals surface area contributed by atoms with Gasteiger partial charge in [0, 0.05) is 19.6 Å². The van der Waals surface area contributed by atoms with Crippen molar-refractivity contribution in [3.8, 4) is 0 Å². The van der Waals surface area contributed by atoms with Gasteiger partial charge in [0.15, 0.2) is 0 Å². The second-order valence-corrected chi connectivity index (χ2v) is 4.66. The Kier molecular flexibility index (Phi) is 5.21. The normalized spacial score (nSPS) is 19.7. The summed E-state index contributed by atoms with van der Waals surface area (Å²) in [7, 11) is 3.97. The van der Waals surface area contributed by atoms with Crippen molar-refractivity contribution in [1.82, 2.24) is 15.1 Å². The number of aliphatic carboxylic acids is 1. The van der Waals surface area contributed by atoms with Gasteiger partial charge in [-0.2, -0.15) is 0 Å². The van der Waals surface area contributed by atoms with Crippen LogP contribution in [0.5, 0.6) is 0 Å². The Morgan fingerprint density at radius 2 is 2.18 bits per heavy atom. The average Bonchev–Trinajstić information content (AvgIpc) is 2.73. The number of carbonyl (C=O) groups is 2. The molecule has 1 heterocycles. The summed E-state index contributed by atoms with van der Waals surface area (Å²) in [6.07, 6.45) is 1.45. The number of hydrogen-bond acceptors (Lipinski definition) is 3. The van der Waals surface area contributed by atoms with Crippen molar-refractivity contribution in [3.05, 3.63) is 0 Å². The van der Waals surface area contributed by atoms with E-state index < -0.39 is 11.9 Å². The average molecular weight is 243 g/mol. The van der Waals surface area contributed by atoms with Gasteiger partial charge >= 0.3 is 12.0 Å². The van der Waals surface area contributed by atoms with Gasteiger partial charge in [-0.1, -0.05) is 0 Å². The zero-order valence-corrected chi connectivity index (χ0v) is 10.5. The van der Waals surface area contributed by atoms with Crippen LogP contribution < -0.4 is 5.32 Å². The predicted molar refractivity (Wildman–Crippen MR) is 63.9 cm³/mol. The van der Waals surface area contributed by atoms with Crippen LogP contribution in [0.4, 0.5) is 4.79 Å². The lowest BCUT2D eigenvalue weighted by Crippen LogP contribution is -2.39. The van der Waals surface area contributed by atoms with Gasteiger partial charge in [-0.15, -0.1) is 0 Å². The lowest BCUT2D eigenvalue weighted by Gasteiger charge is -2.17. The topological polar surface area (TPSA) is 72.9 Å². The van der Waals surface area contributed by atoms with Gasteiger partial charge in [-0.05, 0) is 33.5 Å². The number of carboxylic acid groups (broad SMARTS) is 1. The summed E-state index contributed by atoms with van der Waals surface area (Å²) in [6.45, 7) is 2.43. The molecule has 1 fully saturated rings. The zero-order valence-electron chi connectivity index (χ0n) is 10.5. The van der Waals surface area contributed by atoms with Crippen molar-refractivity contribution in [2.45, 2.75) is 12.8 Å². The predicted octanol–water partition coefficient (Wildman–Crippen LogP) is 0.0542. The molecule has 0 bridgehead atoms. The minimum absolute atomic E-state index is 0.146. The smallest absolute Gasteiger partial charge is 0.317 e. The monoisotopic (exact) mass is 243 g/mol. The first-order chi connectivity index (χ1) is 8.00. The molecule has 6 heteroatoms. The molecule has 1 rings (SSSR count). The molecule has 0 radical (unpaired) electrons. The minimum Gasteiger partial charge on any atom is -0.481 e. The van der Waals surface area contributed by atoms with Crippen molar-refractivity contribution in [2.24, 2.45) is 5.92 Å². The Hall–Kier alpha value is -1.30. The highest BCUT2D eigenvalue weighted by Gasteiger charge is 2.30. The molecule has 1 aliphatic rings. The van der Waals surface area contributed by atoms with E-state index in [1.165, 1.54) is 0 Å². The van der Waals surface area contributed by atoms with Gasteiger partial charge in [-0.25, -0.2) is 4.79 Å². The number of likely N-dealkylation sites (tertiary alicyclic amines) is 1. The van der Waals surface area contributed by atoms with E-state index in [0.29, 0.717) is 26.1 Å². The first kappa shape index (κ1) is 13.8. The van der Waals surface area contributed by atoms with E-state index in [9.17, 15) is 9.59 Å². The molecule has 0 saturated carbocycles. The Labute approximate surface area is 102 Å². The summed E-state index contributed by atoms with van der Waals surface area (Å²) in [5.41, 5.74) is 0. The van der Waals surface area contributed by atoms with Crippen molar-refractivity contribution < 1.29 is 14.7 Å². The summed E-state index contributed by atoms with van der Waals surface area (Å²) < 4.78 is 0. The summed E-state index contributed by atoms with van der Waals surface area (Å²) >= 11 is 0. The number of rotatable bonds is 5. The van der Waals surface area contributed by atoms with Crippen molar-refractivity contribution in [1.29, 1.82) is 0 Å². The molecule has 1 saturated heterocycles. The Morgan fingerprint density at radius 1 is 1.47 bits per heavy atom. The van der Waals surface area contributed by atoms with E-state index in [-0.39, 0.29) is 6.03 Å². The summed E-state index contributed by atoms with van der Waals surface area (Å²) in [4.78, 5) is 26.0. The third kappa shape index (κ3) is 4.60. The molecule has 0 aromatic carbocycles. The molecule has 0 aliphatic carbocycles. The number of carboxylic acids is 1. The van der Waals surface area contributed by atoms with E-state index in [2.05, 4.69) is 10.2 Å². The van der Waals surface area contributed by atoms with Crippen LogP contribution in [0.3, 0.4) is 0 Å². The van der Waals surface area contributed by atoms with Gasteiger partial charge in [0.05, 0.1) is 5.92 Å². The van der Waals surface area contributed by atoms with Gasteiger partial charge in [0.2, 0.25) is 0 Å². The fraction of sp³-hybridized carbons (Fsp3) is 0.818. The first-order valence-electron chi connectivity index (χ1n) is 5.91. The standard InChI is InChI=1S/C11H21N3O3/c1-13(2)6-3-5-12-11(17)14-7-4-9(8-14)10(15)16/h9H,3-8H2,1-2H3,(H,12,17)(H,15,16). The van der Waals surface area contributed by atoms with Crippen molar-refractivity contribution in [3.63, 3.8) is 0 Å². The van der Waals surface area contributed by atoms with Gasteiger partial charge in [0.25, 0.3) is 0 Å². The highest BCUT2D eigenvalue weighted by Crippen LogP contribution is 2.15. The fourth-order valence-corrected chi connectivity index (χ4v) is 1.85. The molecule has 2 amide bonds. The van der Waals surface area contributed by atoms with E-state index in [1.807, 2.05) is 14.1 Å². The second-order valence-electron chi connectivity index (χ2n) is 4.66. The van der Waals surface area contributed by atoms with Gasteiger partial charge < -0.3 is 20.2 Å². The maximum absolute atomic E-state index is 11.7. The number of amides is 2. The van der Waals surface area contributed by atoms with E-state index in [4.69, 9.17) is 5.11 Å². The molecule has 17 heavy (non-hydrogen) atoms. The molecule has 0 aromatic heterocycles. The quantitative estimate of drug-likeness (QED) is 0.669. The Balaban J connectivity index is 2.19. The number of urea groups is 1. The molecular weight excluding hydrogens is 222 g/mol. The molecule has 1 atom stereocenters. The molecule has 1 unspecified atom stereocenters. The largest absolute Gasteiger partial charge is 0.481 e. The molecule has 98 valence electrons. The van der Waals surface area contributed by atoms with Crippen LogP contribution in [0.15, 0.2) is 0 Å². The lowest BCUT2D eigenvalue weighted by atomic mass is 10.1. The summed E-state index contributed by atoms with van der Waals surface area (Å²) in [5.74, 6) is -1.21. The number of nitrogens with one attached hydrogen (secondary N) is 1. The van der Waals surface area contributed by atoms with Crippen LogP contribution in [0.1, 0.15) is 12.8 Å². The van der Waals surface area contributed by atoms with Crippen molar-refractivity contribution in [2.75, 3.05) is 40.3 Å². The van der Waals surface area contributed by atoms with Crippen LogP contribution in [0.25, 0.3) is 0 Å². The van der Waals surface area contributed by atoms with Crippen LogP contribution in [0.2, 0.25) is 0 Å². The SMILES string of the molecule is CN(C)CCCNC(=O)N1CCC(C(=O)O)C1. The molecule has 0 aromatic rings. The summed E-state index contributed by atoms with van der Waals surface area (Å²) in [6, 6.07) is -0.146. The zero-order chi connectivity index (χ0) is 12.8. The van der Waals surface area contributed by atoms with Crippen LogP contribution in [-0.4, -0.2) is 67.2 Å². The van der Waals surface area contributed by atoms with Crippen molar-refractivity contribution >= 4 is 12.0 Å². The second kappa shape index (κ2) is 6.44. The third-order valence-electron chi connectivity index (χ3n) is 2.88. The third-order valence-corrected chi connectivity index (χ3v) is 2.88. The van der Waals surface area contributed by atoms with Crippen LogP contribution >= 0.6 is 0 Å². The molecule has 0 spiro atoms. The van der Waals surface area contributed by atoms with E-state index in [1.54, 1.807) is 4.90 Å². The number of carbonyl (C=O) groups excluding carboxylic acids is 1. The van der Waals surface area contributed by atoms with Gasteiger partial charge in [-0.3, -0.25) is 4.79 Å². The van der Waals surface area contributed by atoms with E-state index >= 15 is 0 Å². The lowest BCUT2D eigenvalue weighted by molar-refractivity contribution is -0.141. The Bertz CT molecular complexity index is 281. The highest BCUT2D eigenvalue weighted by molar-refractivity contribution is 5.77. The van der Waals surface area contributed by atoms with Gasteiger partial charge in [0.1, 0.15) is 0 Å². The Morgan fingerprint density at radius 3 is 2.71 bits per heavy atom. The fourth-order valence-electron chi connectivity index (χ4n) is 1.85. The van der Waals surface area contributed by atoms with E-state index in [0.717, 1.165) is 13.0 Å². The molecule has 1 aliphatic heterocycles. The highest BCUT2D eigenvalue weighted by atomic mass is 16.4. The molecule has 2 N–H and O–H groups in total. The maximum atomic E-state index is 11.7. The minimum atomic E-state index is -0.812. The van der Waals surface area contributed by atoms with Crippen LogP contribution in [-0.2, 0) is 4.79 Å². The first-order valence-corrected chi connectivity index (χ1v) is 5.91. The molecule has 6 nitrogen and oxygen atoms in total. The number of nitrogens with zero attached hydrogens (tertiary/aromatic N) is 2.